The van der Waals surface area contributed by atoms with E-state index < -0.39 is 0 Å². The van der Waals surface area contributed by atoms with Crippen LogP contribution < -0.4 is 0 Å². The van der Waals surface area contributed by atoms with Gasteiger partial charge in [0.05, 0.1) is 0 Å². The van der Waals surface area contributed by atoms with Crippen molar-refractivity contribution in [2.45, 2.75) is 129 Å². The maximum absolute atomic E-state index is 3.95. The van der Waals surface area contributed by atoms with Gasteiger partial charge in [-0.15, -0.1) is 0 Å². The van der Waals surface area contributed by atoms with Gasteiger partial charge in [-0.1, -0.05) is 143 Å². The van der Waals surface area contributed by atoms with Gasteiger partial charge in [0.2, 0.25) is 0 Å². The predicted molar refractivity (Wildman–Crippen MR) is 108 cm³/mol. The zero-order valence-electron chi connectivity index (χ0n) is 16.4. The third kappa shape index (κ3) is 18.2. The van der Waals surface area contributed by atoms with Gasteiger partial charge in [-0.2, -0.15) is 0 Å². The van der Waals surface area contributed by atoms with E-state index in [9.17, 15) is 0 Å². The van der Waals surface area contributed by atoms with Crippen molar-refractivity contribution in [3.8, 4) is 0 Å². The molecule has 0 nitrogen and oxygen atoms in total. The molecular formula is C23H46. The van der Waals surface area contributed by atoms with Crippen molar-refractivity contribution in [2.24, 2.45) is 5.92 Å². The van der Waals surface area contributed by atoms with Gasteiger partial charge in [-0.3, -0.25) is 0 Å². The summed E-state index contributed by atoms with van der Waals surface area (Å²) in [6.07, 6.45) is 26.6. The summed E-state index contributed by atoms with van der Waals surface area (Å²) in [5.74, 6) is 0.991. The molecule has 0 aliphatic heterocycles. The van der Waals surface area contributed by atoms with Crippen molar-refractivity contribution in [3.05, 3.63) is 13.8 Å². The Morgan fingerprint density at radius 3 is 1.17 bits per heavy atom. The molecule has 0 heterocycles. The summed E-state index contributed by atoms with van der Waals surface area (Å²) in [5.41, 5.74) is 0. The largest absolute Gasteiger partial charge is 0.0651 e. The molecule has 0 rings (SSSR count). The first-order valence-electron chi connectivity index (χ1n) is 10.9. The number of hydrogen-bond donors (Lipinski definition) is 0. The molecule has 0 aliphatic carbocycles. The zero-order valence-corrected chi connectivity index (χ0v) is 16.4. The zero-order chi connectivity index (χ0) is 17.0. The predicted octanol–water partition coefficient (Wildman–Crippen LogP) is 8.70. The smallest absolute Gasteiger partial charge is 0.0417 e. The van der Waals surface area contributed by atoms with Crippen LogP contribution in [0.3, 0.4) is 0 Å². The normalized spacial score (nSPS) is 12.7. The molecule has 0 saturated heterocycles. The van der Waals surface area contributed by atoms with Crippen molar-refractivity contribution in [1.29, 1.82) is 0 Å². The molecule has 0 bridgehead atoms. The Bertz CT molecular complexity index is 196. The summed E-state index contributed by atoms with van der Waals surface area (Å²) in [4.78, 5) is 0. The molecule has 0 saturated carbocycles. The lowest BCUT2D eigenvalue weighted by molar-refractivity contribution is 0.397. The van der Waals surface area contributed by atoms with E-state index in [4.69, 9.17) is 0 Å². The van der Waals surface area contributed by atoms with E-state index in [-0.39, 0.29) is 0 Å². The number of hydrogen-bond acceptors (Lipinski definition) is 0. The molecule has 0 heteroatoms. The van der Waals surface area contributed by atoms with Crippen LogP contribution in [0.4, 0.5) is 0 Å². The second-order valence-electron chi connectivity index (χ2n) is 7.51. The van der Waals surface area contributed by atoms with Crippen LogP contribution in [0.2, 0.25) is 0 Å². The highest BCUT2D eigenvalue weighted by Gasteiger charge is 2.05. The van der Waals surface area contributed by atoms with Crippen molar-refractivity contribution in [3.63, 3.8) is 0 Å². The Labute approximate surface area is 149 Å². The number of rotatable bonds is 19. The highest BCUT2D eigenvalue weighted by molar-refractivity contribution is 4.59. The first-order valence-corrected chi connectivity index (χ1v) is 10.9. The van der Waals surface area contributed by atoms with Crippen molar-refractivity contribution < 1.29 is 0 Å². The Balaban J connectivity index is 3.17. The minimum absolute atomic E-state index is 0.991. The highest BCUT2D eigenvalue weighted by atomic mass is 14.1. The fourth-order valence-electron chi connectivity index (χ4n) is 3.54. The molecule has 1 unspecified atom stereocenters. The lowest BCUT2D eigenvalue weighted by Gasteiger charge is -2.14. The van der Waals surface area contributed by atoms with E-state index in [0.717, 1.165) is 18.8 Å². The van der Waals surface area contributed by atoms with Crippen LogP contribution in [0.15, 0.2) is 0 Å². The molecule has 0 aliphatic rings. The van der Waals surface area contributed by atoms with E-state index in [2.05, 4.69) is 20.8 Å². The maximum Gasteiger partial charge on any atom is -0.0417 e. The minimum atomic E-state index is 0.991. The van der Waals surface area contributed by atoms with Crippen LogP contribution in [0.25, 0.3) is 0 Å². The standard InChI is InChI=1S/C23H46/c1-4-7-9-10-11-12-13-14-15-16-17-18-20-22-23(6-3)21-19-8-5-2/h23H,1-2,4-22H2,3H3. The van der Waals surface area contributed by atoms with E-state index >= 15 is 0 Å². The highest BCUT2D eigenvalue weighted by Crippen LogP contribution is 2.21. The second-order valence-corrected chi connectivity index (χ2v) is 7.51. The summed E-state index contributed by atoms with van der Waals surface area (Å²) < 4.78 is 0. The quantitative estimate of drug-likeness (QED) is 0.209. The van der Waals surface area contributed by atoms with Gasteiger partial charge < -0.3 is 0 Å². The SMILES string of the molecule is [CH2]CCCCCCCCCCCCCCC(CC)CCCC[CH2]. The first-order chi connectivity index (χ1) is 11.3. The van der Waals surface area contributed by atoms with E-state index in [0.29, 0.717) is 0 Å². The number of unbranched alkanes of at least 4 members (excludes halogenated alkanes) is 14. The Morgan fingerprint density at radius 1 is 0.478 bits per heavy atom. The third-order valence-corrected chi connectivity index (χ3v) is 5.30. The first kappa shape index (κ1) is 23.0. The summed E-state index contributed by atoms with van der Waals surface area (Å²) >= 11 is 0. The van der Waals surface area contributed by atoms with Gasteiger partial charge in [0.15, 0.2) is 0 Å². The van der Waals surface area contributed by atoms with Gasteiger partial charge in [0.1, 0.15) is 0 Å². The van der Waals surface area contributed by atoms with Gasteiger partial charge in [-0.05, 0) is 5.92 Å². The molecule has 0 aromatic carbocycles. The molecule has 0 N–H and O–H groups in total. The van der Waals surface area contributed by atoms with Gasteiger partial charge in [-0.25, -0.2) is 0 Å². The van der Waals surface area contributed by atoms with E-state index in [1.165, 1.54) is 109 Å². The minimum Gasteiger partial charge on any atom is -0.0651 e. The average molecular weight is 323 g/mol. The van der Waals surface area contributed by atoms with Crippen LogP contribution >= 0.6 is 0 Å². The van der Waals surface area contributed by atoms with Crippen LogP contribution in [0.5, 0.6) is 0 Å². The Morgan fingerprint density at radius 2 is 0.783 bits per heavy atom. The fraction of sp³-hybridized carbons (Fsp3) is 0.913. The lowest BCUT2D eigenvalue weighted by Crippen LogP contribution is -1.99. The van der Waals surface area contributed by atoms with E-state index in [1.54, 1.807) is 0 Å². The average Bonchev–Trinajstić information content (AvgIpc) is 2.57. The van der Waals surface area contributed by atoms with Crippen LogP contribution in [-0.2, 0) is 0 Å². The summed E-state index contributed by atoms with van der Waals surface area (Å²) in [6.45, 7) is 10.2. The molecule has 138 valence electrons. The van der Waals surface area contributed by atoms with Gasteiger partial charge in [0.25, 0.3) is 0 Å². The Kier molecular flexibility index (Phi) is 20.0. The molecule has 2 radical (unpaired) electrons. The maximum atomic E-state index is 3.95. The van der Waals surface area contributed by atoms with Crippen LogP contribution in [-0.4, -0.2) is 0 Å². The molecule has 0 fully saturated rings. The molecule has 0 amide bonds. The molecule has 0 spiro atoms. The lowest BCUT2D eigenvalue weighted by atomic mass is 9.92. The van der Waals surface area contributed by atoms with Crippen molar-refractivity contribution in [2.75, 3.05) is 0 Å². The molecule has 0 aromatic rings. The van der Waals surface area contributed by atoms with Gasteiger partial charge in [0, 0.05) is 0 Å². The molecular weight excluding hydrogens is 276 g/mol. The summed E-state index contributed by atoms with van der Waals surface area (Å²) in [5, 5.41) is 0. The van der Waals surface area contributed by atoms with Crippen LogP contribution in [0.1, 0.15) is 129 Å². The van der Waals surface area contributed by atoms with E-state index in [1.807, 2.05) is 0 Å². The van der Waals surface area contributed by atoms with Crippen molar-refractivity contribution in [1.82, 2.24) is 0 Å². The van der Waals surface area contributed by atoms with Gasteiger partial charge >= 0.3 is 0 Å². The summed E-state index contributed by atoms with van der Waals surface area (Å²) in [7, 11) is 0. The topological polar surface area (TPSA) is 0 Å². The van der Waals surface area contributed by atoms with Crippen molar-refractivity contribution >= 4 is 0 Å². The Hall–Kier alpha value is 0. The molecule has 23 heavy (non-hydrogen) atoms. The monoisotopic (exact) mass is 322 g/mol. The summed E-state index contributed by atoms with van der Waals surface area (Å²) in [6, 6.07) is 0. The van der Waals surface area contributed by atoms with Crippen LogP contribution in [0, 0.1) is 19.8 Å². The second kappa shape index (κ2) is 20.0. The fourth-order valence-corrected chi connectivity index (χ4v) is 3.54. The molecule has 1 atom stereocenters. The molecule has 0 aromatic heterocycles. The third-order valence-electron chi connectivity index (χ3n) is 5.30.